The van der Waals surface area contributed by atoms with Crippen LogP contribution in [-0.2, 0) is 14.3 Å². The number of hydrogen-bond donors (Lipinski definition) is 3. The van der Waals surface area contributed by atoms with Crippen LogP contribution in [0.3, 0.4) is 0 Å². The lowest BCUT2D eigenvalue weighted by molar-refractivity contribution is -0.126. The molecule has 9 nitrogen and oxygen atoms in total. The number of amides is 1. The van der Waals surface area contributed by atoms with Gasteiger partial charge in [-0.25, -0.2) is 4.79 Å². The molecule has 0 aromatic rings. The van der Waals surface area contributed by atoms with Gasteiger partial charge in [0.1, 0.15) is 6.61 Å². The average molecular weight is 334 g/mol. The molecule has 5 atom stereocenters. The van der Waals surface area contributed by atoms with Crippen molar-refractivity contribution < 1.29 is 24.2 Å². The van der Waals surface area contributed by atoms with E-state index in [2.05, 4.69) is 0 Å². The van der Waals surface area contributed by atoms with Gasteiger partial charge in [-0.15, -0.1) is 0 Å². The fraction of sp³-hybridized carbons (Fsp3) is 0.533. The normalized spacial score (nSPS) is 39.9. The molecule has 1 aliphatic carbocycles. The fourth-order valence-corrected chi connectivity index (χ4v) is 4.39. The van der Waals surface area contributed by atoms with Gasteiger partial charge in [0, 0.05) is 23.7 Å². The third kappa shape index (κ3) is 1.53. The van der Waals surface area contributed by atoms with Crippen molar-refractivity contribution in [3.05, 3.63) is 22.5 Å². The second-order valence-corrected chi connectivity index (χ2v) is 6.71. The van der Waals surface area contributed by atoms with Crippen molar-refractivity contribution in [2.75, 3.05) is 20.2 Å². The number of primary amides is 1. The Morgan fingerprint density at radius 3 is 2.71 bits per heavy atom. The molecular weight excluding hydrogens is 316 g/mol. The van der Waals surface area contributed by atoms with Crippen LogP contribution >= 0.6 is 0 Å². The van der Waals surface area contributed by atoms with Crippen molar-refractivity contribution in [1.82, 2.24) is 9.80 Å². The van der Waals surface area contributed by atoms with Crippen LogP contribution in [0.5, 0.6) is 0 Å². The van der Waals surface area contributed by atoms with E-state index in [1.54, 1.807) is 4.90 Å². The molecule has 3 aliphatic heterocycles. The molecule has 0 radical (unpaired) electrons. The number of carbonyl (C=O) groups excluding carboxylic acids is 3. The van der Waals surface area contributed by atoms with E-state index in [1.165, 1.54) is 6.92 Å². The molecule has 0 spiro atoms. The molecule has 0 aromatic heterocycles. The first-order valence-electron chi connectivity index (χ1n) is 7.65. The van der Waals surface area contributed by atoms with Gasteiger partial charge in [-0.3, -0.25) is 14.5 Å². The maximum absolute atomic E-state index is 12.7. The smallest absolute Gasteiger partial charge is 0.404 e. The first-order chi connectivity index (χ1) is 11.2. The predicted molar refractivity (Wildman–Crippen MR) is 79.9 cm³/mol. The second kappa shape index (κ2) is 4.37. The molecule has 2 saturated heterocycles. The van der Waals surface area contributed by atoms with Crippen LogP contribution in [0, 0.1) is 5.92 Å². The van der Waals surface area contributed by atoms with Crippen molar-refractivity contribution in [3.63, 3.8) is 0 Å². The molecule has 24 heavy (non-hydrogen) atoms. The highest BCUT2D eigenvalue weighted by Crippen LogP contribution is 2.57. The summed E-state index contributed by atoms with van der Waals surface area (Å²) in [4.78, 5) is 39.9. The van der Waals surface area contributed by atoms with Crippen LogP contribution < -0.4 is 11.5 Å². The third-order valence-corrected chi connectivity index (χ3v) is 5.70. The molecule has 2 fully saturated rings. The number of piperazine rings is 1. The minimum absolute atomic E-state index is 0.0894. The number of fused-ring (bicyclic) bond motifs is 4. The number of likely N-dealkylation sites (N-methyl/N-ethyl adjacent to an activating group) is 1. The van der Waals surface area contributed by atoms with Gasteiger partial charge in [0.05, 0.1) is 23.4 Å². The minimum atomic E-state index is -1.49. The number of carbonyl (C=O) groups is 3. The van der Waals surface area contributed by atoms with Gasteiger partial charge in [-0.05, 0) is 14.0 Å². The Hall–Kier alpha value is -2.39. The number of hydrogen-bond acceptors (Lipinski definition) is 8. The Labute approximate surface area is 137 Å². The van der Waals surface area contributed by atoms with Crippen LogP contribution in [0.2, 0.25) is 0 Å². The van der Waals surface area contributed by atoms with Gasteiger partial charge in [0.15, 0.2) is 5.72 Å². The number of rotatable bonds is 2. The summed E-state index contributed by atoms with van der Waals surface area (Å²) in [6.45, 7) is 1.63. The van der Waals surface area contributed by atoms with Crippen LogP contribution in [0.1, 0.15) is 6.92 Å². The van der Waals surface area contributed by atoms with Crippen molar-refractivity contribution in [2.45, 2.75) is 24.7 Å². The van der Waals surface area contributed by atoms with Crippen molar-refractivity contribution in [3.8, 4) is 0 Å². The van der Waals surface area contributed by atoms with Crippen LogP contribution in [0.25, 0.3) is 0 Å². The fourth-order valence-electron chi connectivity index (χ4n) is 4.39. The van der Waals surface area contributed by atoms with Gasteiger partial charge < -0.3 is 26.2 Å². The standard InChI is InChI=1S/C15H18N4O5/c1-5-9(16)12(21)8-6(4-24-14(17)22)15(23)13-7(18(13)2)3-19(15)10(8)11(5)20/h6-7,13,23H,3-4,16H2,1-2H3,(H2,17,22). The minimum Gasteiger partial charge on any atom is -0.449 e. The molecule has 4 rings (SSSR count). The summed E-state index contributed by atoms with van der Waals surface area (Å²) in [7, 11) is 1.86. The highest BCUT2D eigenvalue weighted by atomic mass is 16.5. The van der Waals surface area contributed by atoms with Gasteiger partial charge in [-0.2, -0.15) is 0 Å². The molecule has 1 amide bonds. The zero-order chi connectivity index (χ0) is 17.5. The summed E-state index contributed by atoms with van der Waals surface area (Å²) in [6.07, 6.45) is -1.01. The molecule has 5 N–H and O–H groups in total. The Balaban J connectivity index is 1.82. The number of ketones is 2. The molecule has 3 heterocycles. The number of ether oxygens (including phenoxy) is 1. The van der Waals surface area contributed by atoms with Gasteiger partial charge in [-0.1, -0.05) is 0 Å². The first-order valence-corrected chi connectivity index (χ1v) is 7.65. The van der Waals surface area contributed by atoms with Gasteiger partial charge in [0.2, 0.25) is 11.6 Å². The topological polar surface area (TPSA) is 139 Å². The maximum Gasteiger partial charge on any atom is 0.404 e. The number of nitrogens with two attached hydrogens (primary N) is 2. The number of allylic oxidation sites excluding steroid dienone is 2. The van der Waals surface area contributed by atoms with Gasteiger partial charge in [0.25, 0.3) is 0 Å². The molecule has 9 heteroatoms. The summed E-state index contributed by atoms with van der Waals surface area (Å²) >= 11 is 0. The largest absolute Gasteiger partial charge is 0.449 e. The van der Waals surface area contributed by atoms with Crippen molar-refractivity contribution in [2.24, 2.45) is 17.4 Å². The SMILES string of the molecule is CC1=C(N)C(=O)C2=C(C1=O)N1CC3C(N3C)C1(O)C2COC(N)=O. The quantitative estimate of drug-likeness (QED) is 0.391. The summed E-state index contributed by atoms with van der Waals surface area (Å²) in [5.74, 6) is -1.74. The Bertz CT molecular complexity index is 772. The predicted octanol–water partition coefficient (Wildman–Crippen LogP) is -1.96. The van der Waals surface area contributed by atoms with E-state index in [0.717, 1.165) is 0 Å². The summed E-state index contributed by atoms with van der Waals surface area (Å²) < 4.78 is 4.88. The van der Waals surface area contributed by atoms with E-state index < -0.39 is 23.5 Å². The first kappa shape index (κ1) is 15.2. The van der Waals surface area contributed by atoms with E-state index in [0.29, 0.717) is 6.54 Å². The lowest BCUT2D eigenvalue weighted by Crippen LogP contribution is -2.53. The molecule has 4 aliphatic rings. The molecular formula is C15H18N4O5. The second-order valence-electron chi connectivity index (χ2n) is 6.71. The van der Waals surface area contributed by atoms with E-state index in [4.69, 9.17) is 16.2 Å². The lowest BCUT2D eigenvalue weighted by Gasteiger charge is -2.37. The third-order valence-electron chi connectivity index (χ3n) is 5.70. The lowest BCUT2D eigenvalue weighted by atomic mass is 9.83. The Kier molecular flexibility index (Phi) is 2.76. The van der Waals surface area contributed by atoms with Crippen molar-refractivity contribution in [1.29, 1.82) is 0 Å². The zero-order valence-corrected chi connectivity index (χ0v) is 13.3. The molecule has 0 aromatic carbocycles. The molecule has 128 valence electrons. The summed E-state index contributed by atoms with van der Waals surface area (Å²) in [5.41, 5.74) is 9.66. The number of aliphatic hydroxyl groups is 1. The van der Waals surface area contributed by atoms with E-state index in [-0.39, 0.29) is 47.0 Å². The number of nitrogens with zero attached hydrogens (tertiary/aromatic N) is 2. The summed E-state index contributed by atoms with van der Waals surface area (Å²) in [6, 6.07) is -0.154. The Morgan fingerprint density at radius 2 is 2.08 bits per heavy atom. The molecule has 0 bridgehead atoms. The molecule has 5 unspecified atom stereocenters. The highest BCUT2D eigenvalue weighted by molar-refractivity contribution is 6.25. The number of Topliss-reactive ketones (excluding diaryl/α,β-unsaturated/α-hetero) is 2. The van der Waals surface area contributed by atoms with E-state index in [9.17, 15) is 19.5 Å². The van der Waals surface area contributed by atoms with Crippen LogP contribution in [-0.4, -0.2) is 70.6 Å². The highest BCUT2D eigenvalue weighted by Gasteiger charge is 2.74. The van der Waals surface area contributed by atoms with Gasteiger partial charge >= 0.3 is 6.09 Å². The maximum atomic E-state index is 12.7. The van der Waals surface area contributed by atoms with Crippen molar-refractivity contribution >= 4 is 17.7 Å². The molecule has 0 saturated carbocycles. The zero-order valence-electron chi connectivity index (χ0n) is 13.3. The van der Waals surface area contributed by atoms with Crippen LogP contribution in [0.4, 0.5) is 4.79 Å². The van der Waals surface area contributed by atoms with E-state index >= 15 is 0 Å². The van der Waals surface area contributed by atoms with E-state index in [1.807, 2.05) is 11.9 Å². The summed E-state index contributed by atoms with van der Waals surface area (Å²) in [5, 5.41) is 11.4. The monoisotopic (exact) mass is 334 g/mol. The average Bonchev–Trinajstić information content (AvgIpc) is 2.93. The van der Waals surface area contributed by atoms with Crippen LogP contribution in [0.15, 0.2) is 22.5 Å². The Morgan fingerprint density at radius 1 is 1.42 bits per heavy atom.